The van der Waals surface area contributed by atoms with Gasteiger partial charge in [-0.25, -0.2) is 4.79 Å². The first-order valence-electron chi connectivity index (χ1n) is 4.71. The second kappa shape index (κ2) is 5.19. The number of nitrogens with one attached hydrogen (secondary N) is 1. The molecule has 0 fully saturated rings. The summed E-state index contributed by atoms with van der Waals surface area (Å²) in [6, 6.07) is 2.63. The predicted octanol–water partition coefficient (Wildman–Crippen LogP) is 0.950. The Balaban J connectivity index is 2.98. The molecule has 0 aliphatic carbocycles. The number of pyridine rings is 1. The van der Waals surface area contributed by atoms with Gasteiger partial charge in [0.15, 0.2) is 5.88 Å². The summed E-state index contributed by atoms with van der Waals surface area (Å²) in [4.78, 5) is 24.9. The molecule has 5 heteroatoms. The Hall–Kier alpha value is -1.78. The van der Waals surface area contributed by atoms with E-state index in [-0.39, 0.29) is 23.6 Å². The summed E-state index contributed by atoms with van der Waals surface area (Å²) in [5.41, 5.74) is -0.187. The van der Waals surface area contributed by atoms with Gasteiger partial charge in [0.1, 0.15) is 0 Å². The van der Waals surface area contributed by atoms with Crippen molar-refractivity contribution in [2.24, 2.45) is 0 Å². The minimum atomic E-state index is -0.524. The largest absolute Gasteiger partial charge is 0.479 e. The number of hydrogen-bond acceptors (Lipinski definition) is 4. The van der Waals surface area contributed by atoms with Crippen molar-refractivity contribution in [3.63, 3.8) is 0 Å². The summed E-state index contributed by atoms with van der Waals surface area (Å²) in [7, 11) is 0. The van der Waals surface area contributed by atoms with E-state index in [0.29, 0.717) is 6.61 Å². The van der Waals surface area contributed by atoms with Gasteiger partial charge in [0.05, 0.1) is 18.8 Å². The van der Waals surface area contributed by atoms with E-state index in [2.05, 4.69) is 4.98 Å². The van der Waals surface area contributed by atoms with Gasteiger partial charge in [-0.3, -0.25) is 9.78 Å². The molecule has 1 aromatic heterocycles. The highest BCUT2D eigenvalue weighted by atomic mass is 16.5. The van der Waals surface area contributed by atoms with Crippen LogP contribution in [0.5, 0.6) is 5.88 Å². The molecule has 0 saturated heterocycles. The van der Waals surface area contributed by atoms with Crippen LogP contribution in [0.4, 0.5) is 0 Å². The third-order valence-corrected chi connectivity index (χ3v) is 1.63. The number of carbonyl (C=O) groups excluding carboxylic acids is 1. The lowest BCUT2D eigenvalue weighted by Gasteiger charge is -2.04. The molecule has 0 aliphatic rings. The number of hydrogen-bond donors (Lipinski definition) is 1. The van der Waals surface area contributed by atoms with Gasteiger partial charge in [-0.2, -0.15) is 0 Å². The number of aromatic amines is 1. The highest BCUT2D eigenvalue weighted by Gasteiger charge is 2.09. The van der Waals surface area contributed by atoms with E-state index < -0.39 is 5.97 Å². The molecule has 0 aromatic carbocycles. The monoisotopic (exact) mass is 211 g/mol. The van der Waals surface area contributed by atoms with E-state index in [1.54, 1.807) is 13.8 Å². The van der Waals surface area contributed by atoms with E-state index in [9.17, 15) is 9.59 Å². The SMILES string of the molecule is CCOC(=O)c1cc(OCC)[nH]c(=O)c1. The fraction of sp³-hybridized carbons (Fsp3) is 0.400. The van der Waals surface area contributed by atoms with Crippen LogP contribution in [0.2, 0.25) is 0 Å². The first-order chi connectivity index (χ1) is 7.17. The van der Waals surface area contributed by atoms with Crippen LogP contribution in [-0.4, -0.2) is 24.2 Å². The van der Waals surface area contributed by atoms with Gasteiger partial charge in [-0.1, -0.05) is 0 Å². The van der Waals surface area contributed by atoms with Gasteiger partial charge in [-0.05, 0) is 13.8 Å². The van der Waals surface area contributed by atoms with E-state index in [1.165, 1.54) is 12.1 Å². The zero-order valence-electron chi connectivity index (χ0n) is 8.70. The van der Waals surface area contributed by atoms with Gasteiger partial charge in [0.25, 0.3) is 5.56 Å². The van der Waals surface area contributed by atoms with Gasteiger partial charge in [-0.15, -0.1) is 0 Å². The number of H-pyrrole nitrogens is 1. The molecule has 82 valence electrons. The first-order valence-corrected chi connectivity index (χ1v) is 4.71. The van der Waals surface area contributed by atoms with E-state index in [1.807, 2.05) is 0 Å². The Labute approximate surface area is 87.0 Å². The smallest absolute Gasteiger partial charge is 0.338 e. The fourth-order valence-corrected chi connectivity index (χ4v) is 1.08. The molecule has 0 unspecified atom stereocenters. The molecular weight excluding hydrogens is 198 g/mol. The normalized spacial score (nSPS) is 9.73. The summed E-state index contributed by atoms with van der Waals surface area (Å²) in [6.07, 6.45) is 0. The second-order valence-corrected chi connectivity index (χ2v) is 2.75. The quantitative estimate of drug-likeness (QED) is 0.753. The maximum absolute atomic E-state index is 11.3. The van der Waals surface area contributed by atoms with Crippen LogP contribution in [0.3, 0.4) is 0 Å². The van der Waals surface area contributed by atoms with Crippen LogP contribution in [0.25, 0.3) is 0 Å². The van der Waals surface area contributed by atoms with Gasteiger partial charge in [0.2, 0.25) is 0 Å². The summed E-state index contributed by atoms with van der Waals surface area (Å²) >= 11 is 0. The van der Waals surface area contributed by atoms with Crippen LogP contribution in [-0.2, 0) is 4.74 Å². The van der Waals surface area contributed by atoms with Crippen molar-refractivity contribution < 1.29 is 14.3 Å². The highest BCUT2D eigenvalue weighted by Crippen LogP contribution is 2.07. The van der Waals surface area contributed by atoms with E-state index in [0.717, 1.165) is 0 Å². The Morgan fingerprint density at radius 3 is 2.67 bits per heavy atom. The summed E-state index contributed by atoms with van der Waals surface area (Å²) in [5.74, 6) is -0.252. The lowest BCUT2D eigenvalue weighted by Crippen LogP contribution is -2.13. The second-order valence-electron chi connectivity index (χ2n) is 2.75. The third-order valence-electron chi connectivity index (χ3n) is 1.63. The molecule has 0 atom stereocenters. The molecule has 15 heavy (non-hydrogen) atoms. The van der Waals surface area contributed by atoms with E-state index >= 15 is 0 Å². The van der Waals surface area contributed by atoms with Crippen molar-refractivity contribution in [1.82, 2.24) is 4.98 Å². The average molecular weight is 211 g/mol. The van der Waals surface area contributed by atoms with Gasteiger partial charge >= 0.3 is 5.97 Å². The number of ether oxygens (including phenoxy) is 2. The molecule has 0 spiro atoms. The molecule has 0 aliphatic heterocycles. The average Bonchev–Trinajstić information content (AvgIpc) is 2.17. The maximum Gasteiger partial charge on any atom is 0.338 e. The number of carbonyl (C=O) groups is 1. The molecule has 1 N–H and O–H groups in total. The lowest BCUT2D eigenvalue weighted by molar-refractivity contribution is 0.0525. The van der Waals surface area contributed by atoms with Crippen LogP contribution in [0, 0.1) is 0 Å². The molecule has 0 saturated carbocycles. The Bertz CT molecular complexity index is 397. The van der Waals surface area contributed by atoms with Crippen LogP contribution >= 0.6 is 0 Å². The Morgan fingerprint density at radius 1 is 1.33 bits per heavy atom. The third kappa shape index (κ3) is 3.12. The maximum atomic E-state index is 11.3. The molecule has 1 rings (SSSR count). The number of rotatable bonds is 4. The topological polar surface area (TPSA) is 68.4 Å². The molecule has 1 aromatic rings. The number of aromatic nitrogens is 1. The molecular formula is C10H13NO4. The standard InChI is InChI=1S/C10H13NO4/c1-3-14-9-6-7(5-8(12)11-9)10(13)15-4-2/h5-6H,3-4H2,1-2H3,(H,11,12). The van der Waals surface area contributed by atoms with Gasteiger partial charge in [0, 0.05) is 12.1 Å². The van der Waals surface area contributed by atoms with E-state index in [4.69, 9.17) is 9.47 Å². The van der Waals surface area contributed by atoms with Crippen molar-refractivity contribution in [2.75, 3.05) is 13.2 Å². The summed E-state index contributed by atoms with van der Waals surface area (Å²) in [6.45, 7) is 4.18. The van der Waals surface area contributed by atoms with Crippen molar-refractivity contribution >= 4 is 5.97 Å². The van der Waals surface area contributed by atoms with Crippen LogP contribution in [0.1, 0.15) is 24.2 Å². The Kier molecular flexibility index (Phi) is 3.91. The fourth-order valence-electron chi connectivity index (χ4n) is 1.08. The van der Waals surface area contributed by atoms with Gasteiger partial charge < -0.3 is 9.47 Å². The summed E-state index contributed by atoms with van der Waals surface area (Å²) < 4.78 is 9.86. The molecule has 0 amide bonds. The predicted molar refractivity (Wildman–Crippen MR) is 54.2 cm³/mol. The minimum absolute atomic E-state index is 0.198. The highest BCUT2D eigenvalue weighted by molar-refractivity contribution is 5.89. The zero-order chi connectivity index (χ0) is 11.3. The van der Waals surface area contributed by atoms with Crippen LogP contribution < -0.4 is 10.3 Å². The molecule has 0 bridgehead atoms. The van der Waals surface area contributed by atoms with Crippen molar-refractivity contribution in [3.8, 4) is 5.88 Å². The molecule has 5 nitrogen and oxygen atoms in total. The Morgan fingerprint density at radius 2 is 2.07 bits per heavy atom. The van der Waals surface area contributed by atoms with Crippen LogP contribution in [0.15, 0.2) is 16.9 Å². The van der Waals surface area contributed by atoms with Crippen molar-refractivity contribution in [2.45, 2.75) is 13.8 Å². The first kappa shape index (κ1) is 11.3. The lowest BCUT2D eigenvalue weighted by atomic mass is 10.3. The van der Waals surface area contributed by atoms with Crippen molar-refractivity contribution in [3.05, 3.63) is 28.0 Å². The van der Waals surface area contributed by atoms with Crippen molar-refractivity contribution in [1.29, 1.82) is 0 Å². The number of esters is 1. The molecule has 1 heterocycles. The minimum Gasteiger partial charge on any atom is -0.479 e. The summed E-state index contributed by atoms with van der Waals surface area (Å²) in [5, 5.41) is 0. The molecule has 0 radical (unpaired) electrons. The zero-order valence-corrected chi connectivity index (χ0v) is 8.70.